The summed E-state index contributed by atoms with van der Waals surface area (Å²) < 4.78 is 49.3. The Morgan fingerprint density at radius 2 is 2.06 bits per heavy atom. The van der Waals surface area contributed by atoms with Crippen LogP contribution in [0.25, 0.3) is 11.0 Å². The summed E-state index contributed by atoms with van der Waals surface area (Å²) in [6, 6.07) is 6.97. The highest BCUT2D eigenvalue weighted by Crippen LogP contribution is 2.53. The number of aromatic nitrogens is 3. The molecular formula is C24H24F3N5O4. The minimum absolute atomic E-state index is 0.156. The van der Waals surface area contributed by atoms with Gasteiger partial charge in [0.05, 0.1) is 36.7 Å². The van der Waals surface area contributed by atoms with Crippen molar-refractivity contribution >= 4 is 28.5 Å². The molecule has 2 amide bonds. The third-order valence-corrected chi connectivity index (χ3v) is 6.79. The van der Waals surface area contributed by atoms with Crippen LogP contribution in [0.3, 0.4) is 0 Å². The van der Waals surface area contributed by atoms with E-state index < -0.39 is 30.6 Å². The molecule has 36 heavy (non-hydrogen) atoms. The van der Waals surface area contributed by atoms with Crippen LogP contribution in [0.2, 0.25) is 0 Å². The van der Waals surface area contributed by atoms with Gasteiger partial charge in [-0.15, -0.1) is 0 Å². The molecule has 2 N–H and O–H groups in total. The molecule has 0 radical (unpaired) electrons. The van der Waals surface area contributed by atoms with E-state index in [9.17, 15) is 22.8 Å². The zero-order valence-electron chi connectivity index (χ0n) is 19.4. The highest BCUT2D eigenvalue weighted by Gasteiger charge is 2.54. The molecule has 12 heteroatoms. The first-order valence-corrected chi connectivity index (χ1v) is 11.5. The van der Waals surface area contributed by atoms with Crippen LogP contribution in [0.5, 0.6) is 11.5 Å². The molecule has 0 unspecified atom stereocenters. The fourth-order valence-corrected chi connectivity index (χ4v) is 5.16. The number of aromatic amines is 1. The van der Waals surface area contributed by atoms with Gasteiger partial charge >= 0.3 is 6.18 Å². The molecule has 0 atom stereocenters. The second-order valence-electron chi connectivity index (χ2n) is 9.02. The molecule has 3 aromatic rings. The lowest BCUT2D eigenvalue weighted by Crippen LogP contribution is -2.48. The molecule has 0 bridgehead atoms. The number of rotatable bonds is 6. The second-order valence-corrected chi connectivity index (χ2v) is 9.02. The Balaban J connectivity index is 1.35. The Bertz CT molecular complexity index is 1300. The van der Waals surface area contributed by atoms with Gasteiger partial charge in [0, 0.05) is 10.9 Å². The van der Waals surface area contributed by atoms with Crippen LogP contribution < -0.4 is 19.7 Å². The van der Waals surface area contributed by atoms with Gasteiger partial charge in [-0.05, 0) is 43.9 Å². The zero-order valence-corrected chi connectivity index (χ0v) is 19.4. The number of alkyl halides is 3. The Morgan fingerprint density at radius 3 is 2.78 bits per heavy atom. The van der Waals surface area contributed by atoms with Crippen molar-refractivity contribution in [2.24, 2.45) is 0 Å². The van der Waals surface area contributed by atoms with Crippen molar-refractivity contribution in [1.82, 2.24) is 20.5 Å². The number of carbonyl (C=O) groups excluding carboxylic acids is 2. The maximum absolute atomic E-state index is 13.7. The summed E-state index contributed by atoms with van der Waals surface area (Å²) in [6.07, 6.45) is 0.565. The molecule has 1 spiro atoms. The molecule has 2 aliphatic rings. The number of pyridine rings is 1. The first kappa shape index (κ1) is 23.9. The minimum Gasteiger partial charge on any atom is -0.496 e. The van der Waals surface area contributed by atoms with Crippen LogP contribution in [-0.4, -0.2) is 59.5 Å². The average Bonchev–Trinajstić information content (AvgIpc) is 3.41. The van der Waals surface area contributed by atoms with E-state index in [4.69, 9.17) is 9.47 Å². The maximum atomic E-state index is 13.7. The number of hydrogen-bond donors (Lipinski definition) is 2. The van der Waals surface area contributed by atoms with E-state index in [-0.39, 0.29) is 12.0 Å². The lowest BCUT2D eigenvalue weighted by molar-refractivity contribution is -0.138. The average molecular weight is 503 g/mol. The van der Waals surface area contributed by atoms with Crippen molar-refractivity contribution in [1.29, 1.82) is 0 Å². The van der Waals surface area contributed by atoms with Crippen molar-refractivity contribution < 1.29 is 32.2 Å². The smallest absolute Gasteiger partial charge is 0.405 e. The summed E-state index contributed by atoms with van der Waals surface area (Å²) in [5.74, 6) is -0.0914. The number of amides is 2. The van der Waals surface area contributed by atoms with Crippen LogP contribution in [0.4, 0.5) is 18.9 Å². The molecule has 5 rings (SSSR count). The van der Waals surface area contributed by atoms with E-state index in [1.54, 1.807) is 30.6 Å². The van der Waals surface area contributed by atoms with Crippen molar-refractivity contribution in [3.05, 3.63) is 42.2 Å². The van der Waals surface area contributed by atoms with Gasteiger partial charge in [-0.1, -0.05) is 6.07 Å². The number of nitrogens with zero attached hydrogens (tertiary/aromatic N) is 3. The highest BCUT2D eigenvalue weighted by atomic mass is 19.4. The predicted octanol–water partition coefficient (Wildman–Crippen LogP) is 3.25. The molecule has 1 aliphatic carbocycles. The summed E-state index contributed by atoms with van der Waals surface area (Å²) >= 11 is 0. The summed E-state index contributed by atoms with van der Waals surface area (Å²) in [5.41, 5.74) is 0.861. The minimum atomic E-state index is -4.54. The topological polar surface area (TPSA) is 109 Å². The van der Waals surface area contributed by atoms with Gasteiger partial charge in [0.1, 0.15) is 24.6 Å². The molecule has 9 nitrogen and oxygen atoms in total. The number of nitrogens with one attached hydrogen (secondary N) is 2. The van der Waals surface area contributed by atoms with E-state index in [1.165, 1.54) is 12.0 Å². The summed E-state index contributed by atoms with van der Waals surface area (Å²) in [6.45, 7) is -1.96. The zero-order chi connectivity index (χ0) is 25.5. The van der Waals surface area contributed by atoms with Gasteiger partial charge in [0.15, 0.2) is 5.65 Å². The lowest BCUT2D eigenvalue weighted by Gasteiger charge is -2.36. The molecular weight excluding hydrogens is 479 g/mol. The Labute approximate surface area is 204 Å². The van der Waals surface area contributed by atoms with Gasteiger partial charge in [0.25, 0.3) is 0 Å². The van der Waals surface area contributed by atoms with Crippen LogP contribution in [0.15, 0.2) is 36.7 Å². The standard InChI is InChI=1S/C24H24F3N5O4/c1-35-18-4-2-3-17-20(18)23(22(34)32(17)12-19(33)29-13-24(25,26)27)7-5-15(6-8-23)36-16-9-14-10-30-31-21(14)28-11-16/h2-4,9-11,15H,5-8,12-13H2,1H3,(H,29,33)(H,28,30,31). The van der Waals surface area contributed by atoms with Gasteiger partial charge in [-0.2, -0.15) is 18.3 Å². The summed E-state index contributed by atoms with van der Waals surface area (Å²) in [7, 11) is 1.50. The molecule has 3 heterocycles. The number of anilines is 1. The maximum Gasteiger partial charge on any atom is 0.405 e. The number of hydrogen-bond acceptors (Lipinski definition) is 6. The Kier molecular flexibility index (Phi) is 5.97. The number of methoxy groups -OCH3 is 1. The fourth-order valence-electron chi connectivity index (χ4n) is 5.16. The number of fused-ring (bicyclic) bond motifs is 3. The molecule has 1 aliphatic heterocycles. The predicted molar refractivity (Wildman–Crippen MR) is 123 cm³/mol. The Morgan fingerprint density at radius 1 is 1.28 bits per heavy atom. The quantitative estimate of drug-likeness (QED) is 0.535. The summed E-state index contributed by atoms with van der Waals surface area (Å²) in [4.78, 5) is 31.6. The van der Waals surface area contributed by atoms with E-state index in [2.05, 4.69) is 15.2 Å². The molecule has 1 aromatic carbocycles. The van der Waals surface area contributed by atoms with Crippen LogP contribution in [-0.2, 0) is 15.0 Å². The van der Waals surface area contributed by atoms with Gasteiger partial charge in [-0.25, -0.2) is 4.98 Å². The van der Waals surface area contributed by atoms with Crippen molar-refractivity contribution in [2.75, 3.05) is 25.1 Å². The van der Waals surface area contributed by atoms with E-state index in [0.29, 0.717) is 54.1 Å². The summed E-state index contributed by atoms with van der Waals surface area (Å²) in [5, 5.41) is 9.41. The Hall–Kier alpha value is -3.83. The monoisotopic (exact) mass is 503 g/mol. The molecule has 1 fully saturated rings. The number of ether oxygens (including phenoxy) is 2. The number of carbonyl (C=O) groups is 2. The number of benzene rings is 1. The van der Waals surface area contributed by atoms with E-state index in [1.807, 2.05) is 11.4 Å². The van der Waals surface area contributed by atoms with E-state index in [0.717, 1.165) is 5.39 Å². The highest BCUT2D eigenvalue weighted by molar-refractivity contribution is 6.11. The van der Waals surface area contributed by atoms with Crippen molar-refractivity contribution in [2.45, 2.75) is 43.4 Å². The van der Waals surface area contributed by atoms with Gasteiger partial charge in [-0.3, -0.25) is 14.7 Å². The fraction of sp³-hybridized carbons (Fsp3) is 0.417. The van der Waals surface area contributed by atoms with Crippen molar-refractivity contribution in [3.8, 4) is 11.5 Å². The number of H-pyrrole nitrogens is 1. The van der Waals surface area contributed by atoms with Gasteiger partial charge < -0.3 is 19.7 Å². The normalized spacial score (nSPS) is 21.6. The molecule has 0 saturated heterocycles. The van der Waals surface area contributed by atoms with Crippen LogP contribution in [0, 0.1) is 0 Å². The molecule has 190 valence electrons. The van der Waals surface area contributed by atoms with E-state index >= 15 is 0 Å². The van der Waals surface area contributed by atoms with Crippen LogP contribution in [0.1, 0.15) is 31.2 Å². The van der Waals surface area contributed by atoms with Crippen LogP contribution >= 0.6 is 0 Å². The largest absolute Gasteiger partial charge is 0.496 e. The molecule has 2 aromatic heterocycles. The van der Waals surface area contributed by atoms with Gasteiger partial charge in [0.2, 0.25) is 11.8 Å². The van der Waals surface area contributed by atoms with Crippen molar-refractivity contribution in [3.63, 3.8) is 0 Å². The SMILES string of the molecule is COc1cccc2c1C1(CCC(Oc3cnc4[nH]ncc4c3)CC1)C(=O)N2CC(=O)NCC(F)(F)F. The third-order valence-electron chi connectivity index (χ3n) is 6.79. The first-order valence-electron chi connectivity index (χ1n) is 11.5. The lowest BCUT2D eigenvalue weighted by atomic mass is 9.69. The molecule has 1 saturated carbocycles. The first-order chi connectivity index (χ1) is 17.2. The third kappa shape index (κ3) is 4.31. The second kappa shape index (κ2) is 8.99. The number of halogens is 3.